The fourth-order valence-corrected chi connectivity index (χ4v) is 3.83. The first-order chi connectivity index (χ1) is 12.7. The molecule has 1 aromatic heterocycles. The third-order valence-corrected chi connectivity index (χ3v) is 5.31. The van der Waals surface area contributed by atoms with E-state index in [1.165, 1.54) is 35.2 Å². The van der Waals surface area contributed by atoms with Gasteiger partial charge in [0.05, 0.1) is 23.6 Å². The third-order valence-electron chi connectivity index (χ3n) is 3.34. The maximum absolute atomic E-state index is 13.6. The van der Waals surface area contributed by atoms with Crippen LogP contribution in [0, 0.1) is 5.82 Å². The lowest BCUT2D eigenvalue weighted by atomic mass is 10.1. The van der Waals surface area contributed by atoms with Crippen molar-refractivity contribution in [3.05, 3.63) is 59.9 Å². The van der Waals surface area contributed by atoms with Crippen LogP contribution in [0.1, 0.15) is 17.3 Å². The molecule has 0 aliphatic rings. The smallest absolute Gasteiger partial charge is 0.210 e. The Morgan fingerprint density at radius 3 is 2.77 bits per heavy atom. The molecule has 0 aliphatic carbocycles. The summed E-state index contributed by atoms with van der Waals surface area (Å²) in [4.78, 5) is 12.1. The van der Waals surface area contributed by atoms with Crippen LogP contribution in [-0.2, 0) is 0 Å². The van der Waals surface area contributed by atoms with Gasteiger partial charge in [0.15, 0.2) is 10.1 Å². The van der Waals surface area contributed by atoms with Crippen molar-refractivity contribution in [3.63, 3.8) is 0 Å². The Balaban J connectivity index is 1.62. The first-order valence-corrected chi connectivity index (χ1v) is 9.70. The van der Waals surface area contributed by atoms with Crippen LogP contribution in [-0.4, -0.2) is 28.3 Å². The molecule has 134 valence electrons. The van der Waals surface area contributed by atoms with Gasteiger partial charge in [-0.3, -0.25) is 4.79 Å². The molecule has 3 rings (SSSR count). The van der Waals surface area contributed by atoms with E-state index in [4.69, 9.17) is 4.74 Å². The number of ketones is 1. The number of aromatic nitrogens is 2. The van der Waals surface area contributed by atoms with Gasteiger partial charge in [0.2, 0.25) is 5.13 Å². The number of carbonyl (C=O) groups is 1. The zero-order chi connectivity index (χ0) is 18.4. The lowest BCUT2D eigenvalue weighted by molar-refractivity contribution is 0.101. The Kier molecular flexibility index (Phi) is 6.19. The summed E-state index contributed by atoms with van der Waals surface area (Å²) in [6.07, 6.45) is 0. The number of hydrogen-bond donors (Lipinski definition) is 1. The van der Waals surface area contributed by atoms with Crippen molar-refractivity contribution in [1.82, 2.24) is 10.2 Å². The number of hydrogen-bond acceptors (Lipinski definition) is 7. The topological polar surface area (TPSA) is 64.1 Å². The maximum Gasteiger partial charge on any atom is 0.210 e. The summed E-state index contributed by atoms with van der Waals surface area (Å²) in [5, 5.41) is 11.9. The standard InChI is InChI=1S/C18H16FN3O2S2/c1-2-24-16-10-6-5-9-14(16)20-17-21-22-18(26-17)25-11-15(23)12-7-3-4-8-13(12)19/h3-10H,2,11H2,1H3,(H,20,21). The normalized spacial score (nSPS) is 10.5. The number of benzene rings is 2. The molecule has 0 radical (unpaired) electrons. The molecule has 1 heterocycles. The molecule has 0 saturated heterocycles. The van der Waals surface area contributed by atoms with Crippen LogP contribution < -0.4 is 10.1 Å². The summed E-state index contributed by atoms with van der Waals surface area (Å²) >= 11 is 2.56. The van der Waals surface area contributed by atoms with Crippen LogP contribution in [0.4, 0.5) is 15.2 Å². The molecule has 0 bridgehead atoms. The van der Waals surface area contributed by atoms with Crippen molar-refractivity contribution in [2.24, 2.45) is 0 Å². The van der Waals surface area contributed by atoms with Crippen LogP contribution in [0.5, 0.6) is 5.75 Å². The van der Waals surface area contributed by atoms with Gasteiger partial charge in [0.25, 0.3) is 0 Å². The Labute approximate surface area is 158 Å². The van der Waals surface area contributed by atoms with E-state index in [9.17, 15) is 9.18 Å². The second-order valence-electron chi connectivity index (χ2n) is 5.12. The predicted octanol–water partition coefficient (Wildman–Crippen LogP) is 4.79. The highest BCUT2D eigenvalue weighted by Crippen LogP contribution is 2.31. The van der Waals surface area contributed by atoms with Gasteiger partial charge in [-0.2, -0.15) is 0 Å². The predicted molar refractivity (Wildman–Crippen MR) is 102 cm³/mol. The van der Waals surface area contributed by atoms with Crippen LogP contribution in [0.15, 0.2) is 52.9 Å². The summed E-state index contributed by atoms with van der Waals surface area (Å²) in [5.74, 6) is 0.0457. The summed E-state index contributed by atoms with van der Waals surface area (Å²) in [6.45, 7) is 2.48. The van der Waals surface area contributed by atoms with Crippen molar-refractivity contribution in [2.45, 2.75) is 11.3 Å². The largest absolute Gasteiger partial charge is 0.492 e. The molecule has 5 nitrogen and oxygen atoms in total. The highest BCUT2D eigenvalue weighted by atomic mass is 32.2. The van der Waals surface area contributed by atoms with Crippen molar-refractivity contribution >= 4 is 39.7 Å². The van der Waals surface area contributed by atoms with Gasteiger partial charge in [0.1, 0.15) is 11.6 Å². The summed E-state index contributed by atoms with van der Waals surface area (Å²) in [5.41, 5.74) is 0.887. The molecule has 3 aromatic rings. The minimum atomic E-state index is -0.509. The van der Waals surface area contributed by atoms with Gasteiger partial charge in [0, 0.05) is 0 Å². The van der Waals surface area contributed by atoms with E-state index in [0.717, 1.165) is 11.4 Å². The molecule has 0 fully saturated rings. The number of thioether (sulfide) groups is 1. The highest BCUT2D eigenvalue weighted by molar-refractivity contribution is 8.01. The number of nitrogens with zero attached hydrogens (tertiary/aromatic N) is 2. The van der Waals surface area contributed by atoms with E-state index in [1.54, 1.807) is 12.1 Å². The second kappa shape index (κ2) is 8.77. The number of nitrogens with one attached hydrogen (secondary N) is 1. The number of anilines is 2. The van der Waals surface area contributed by atoms with E-state index in [-0.39, 0.29) is 17.1 Å². The zero-order valence-electron chi connectivity index (χ0n) is 13.9. The lowest BCUT2D eigenvalue weighted by Gasteiger charge is -2.09. The summed E-state index contributed by atoms with van der Waals surface area (Å²) in [7, 11) is 0. The van der Waals surface area contributed by atoms with E-state index >= 15 is 0 Å². The number of Topliss-reactive ketones (excluding diaryl/α,β-unsaturated/α-hetero) is 1. The SMILES string of the molecule is CCOc1ccccc1Nc1nnc(SCC(=O)c2ccccc2F)s1. The molecular weight excluding hydrogens is 373 g/mol. The minimum Gasteiger partial charge on any atom is -0.492 e. The zero-order valence-corrected chi connectivity index (χ0v) is 15.6. The Morgan fingerprint density at radius 1 is 1.19 bits per heavy atom. The van der Waals surface area contributed by atoms with E-state index in [0.29, 0.717) is 16.1 Å². The molecule has 0 unspecified atom stereocenters. The molecule has 0 amide bonds. The first kappa shape index (κ1) is 18.3. The van der Waals surface area contributed by atoms with Crippen molar-refractivity contribution < 1.29 is 13.9 Å². The molecule has 0 aliphatic heterocycles. The number of ether oxygens (including phenoxy) is 1. The highest BCUT2D eigenvalue weighted by Gasteiger charge is 2.14. The molecule has 0 spiro atoms. The molecule has 8 heteroatoms. The molecule has 0 atom stereocenters. The van der Waals surface area contributed by atoms with Gasteiger partial charge in [-0.1, -0.05) is 47.4 Å². The van der Waals surface area contributed by atoms with Gasteiger partial charge < -0.3 is 10.1 Å². The Morgan fingerprint density at radius 2 is 1.96 bits per heavy atom. The van der Waals surface area contributed by atoms with Gasteiger partial charge in [-0.15, -0.1) is 10.2 Å². The van der Waals surface area contributed by atoms with Crippen LogP contribution in [0.2, 0.25) is 0 Å². The lowest BCUT2D eigenvalue weighted by Crippen LogP contribution is -2.04. The third kappa shape index (κ3) is 4.59. The molecule has 26 heavy (non-hydrogen) atoms. The minimum absolute atomic E-state index is 0.0912. The van der Waals surface area contributed by atoms with Gasteiger partial charge in [-0.25, -0.2) is 4.39 Å². The Hall–Kier alpha value is -2.45. The quantitative estimate of drug-likeness (QED) is 0.441. The molecule has 1 N–H and O–H groups in total. The van der Waals surface area contributed by atoms with Crippen molar-refractivity contribution in [1.29, 1.82) is 0 Å². The fourth-order valence-electron chi connectivity index (χ4n) is 2.18. The van der Waals surface area contributed by atoms with Crippen LogP contribution >= 0.6 is 23.1 Å². The monoisotopic (exact) mass is 389 g/mol. The number of rotatable bonds is 8. The summed E-state index contributed by atoms with van der Waals surface area (Å²) in [6, 6.07) is 13.5. The van der Waals surface area contributed by atoms with E-state index in [1.807, 2.05) is 31.2 Å². The number of carbonyl (C=O) groups excluding carboxylic acids is 1. The van der Waals surface area contributed by atoms with Crippen molar-refractivity contribution in [3.8, 4) is 5.75 Å². The van der Waals surface area contributed by atoms with Crippen molar-refractivity contribution in [2.75, 3.05) is 17.7 Å². The van der Waals surface area contributed by atoms with E-state index < -0.39 is 5.82 Å². The molecule has 2 aromatic carbocycles. The van der Waals surface area contributed by atoms with Crippen LogP contribution in [0.3, 0.4) is 0 Å². The maximum atomic E-state index is 13.6. The van der Waals surface area contributed by atoms with Crippen LogP contribution in [0.25, 0.3) is 0 Å². The average molecular weight is 389 g/mol. The number of halogens is 1. The Bertz CT molecular complexity index is 901. The molecule has 0 saturated carbocycles. The fraction of sp³-hybridized carbons (Fsp3) is 0.167. The first-order valence-electron chi connectivity index (χ1n) is 7.90. The van der Waals surface area contributed by atoms with Gasteiger partial charge in [-0.05, 0) is 31.2 Å². The van der Waals surface area contributed by atoms with E-state index in [2.05, 4.69) is 15.5 Å². The average Bonchev–Trinajstić information content (AvgIpc) is 3.09. The van der Waals surface area contributed by atoms with Gasteiger partial charge >= 0.3 is 0 Å². The summed E-state index contributed by atoms with van der Waals surface area (Å²) < 4.78 is 19.8. The molecular formula is C18H16FN3O2S2. The second-order valence-corrected chi connectivity index (χ2v) is 7.32. The number of para-hydroxylation sites is 2.